The molecule has 37 heteroatoms. The van der Waals surface area contributed by atoms with Crippen molar-refractivity contribution in [2.75, 3.05) is 47.6 Å². The minimum Gasteiger partial charge on any atom is -0.394 e. The summed E-state index contributed by atoms with van der Waals surface area (Å²) in [5.74, 6) is 1.28. The number of aromatic nitrogens is 8. The molecule has 8 saturated heterocycles. The zero-order chi connectivity index (χ0) is 95.4. The van der Waals surface area contributed by atoms with Crippen molar-refractivity contribution in [2.24, 2.45) is 0 Å². The van der Waals surface area contributed by atoms with Crippen LogP contribution in [0.3, 0.4) is 0 Å². The molecule has 8 aliphatic heterocycles. The molecule has 16 heterocycles. The first-order valence-electron chi connectivity index (χ1n) is 47.9. The molecule has 8 aromatic heterocycles. The molecule has 10 aliphatic rings. The fraction of sp³-hybridized carbons (Fsp3) is 0.588. The van der Waals surface area contributed by atoms with Gasteiger partial charge < -0.3 is 87.3 Å². The van der Waals surface area contributed by atoms with Gasteiger partial charge in [-0.1, -0.05) is 13.8 Å². The van der Waals surface area contributed by atoms with Gasteiger partial charge in [0.15, 0.2) is 20.0 Å². The van der Waals surface area contributed by atoms with E-state index in [4.69, 9.17) is 4.74 Å². The normalized spacial score (nSPS) is 24.0. The molecule has 0 aromatic carbocycles. The number of nitrogens with one attached hydrogen (secondary N) is 8. The Hall–Kier alpha value is -10.1. The minimum absolute atomic E-state index is 0.0433. The predicted octanol–water partition coefficient (Wildman–Crippen LogP) is 13.5. The highest BCUT2D eigenvalue weighted by Gasteiger charge is 2.48. The fourth-order valence-corrected chi connectivity index (χ4v) is 23.9. The number of fused-ring (bicyclic) bond motifs is 6. The number of hydrogen-bond donors (Lipinski definition) is 12. The maximum atomic E-state index is 13.8. The number of pyridine rings is 4. The number of ether oxygens (including phenoxy) is 1. The SMILES string of the molecule is CC[C@@H](C)Nc1cc(C)c(-c2sc(C(=O)N[C@@H]3CCC[C@H]3O)nc2C(=O)N2C3CCC2CC3)cn1.CC[C@@H](C)Nc1cc(C)c(-c2sc(C(=O)N[C@@H]3COC[C@H]3O)nc2C(=O)N2CCC[C@@H]2C)cn1.Cc1cc(NC(C)C)ncc1-c1sc(C(=O)NC2CC(O)C2)nc1C(=O)N1C2CCC1CC2.Cc1cc(NC(C)C)ncc1-c1sc(C(=O)N[C@H](C)CO)nc1C(=O)N1C2CCC1CC2. The third kappa shape index (κ3) is 22.1. The van der Waals surface area contributed by atoms with Gasteiger partial charge in [0.05, 0.1) is 69.7 Å². The number of anilines is 4. The van der Waals surface area contributed by atoms with Crippen molar-refractivity contribution in [3.63, 3.8) is 0 Å². The maximum absolute atomic E-state index is 13.8. The fourth-order valence-electron chi connectivity index (χ4n) is 19.8. The van der Waals surface area contributed by atoms with Gasteiger partial charge in [-0.05, 0) is 264 Å². The van der Waals surface area contributed by atoms with Crippen molar-refractivity contribution >= 4 is 116 Å². The molecule has 0 radical (unpaired) electrons. The van der Waals surface area contributed by atoms with Crippen LogP contribution < -0.4 is 42.5 Å². The Kier molecular flexibility index (Phi) is 31.6. The molecule has 134 heavy (non-hydrogen) atoms. The summed E-state index contributed by atoms with van der Waals surface area (Å²) in [6, 6.07) is 9.56. The van der Waals surface area contributed by atoms with Crippen LogP contribution in [0.2, 0.25) is 0 Å². The van der Waals surface area contributed by atoms with E-state index in [2.05, 4.69) is 124 Å². The maximum Gasteiger partial charge on any atom is 0.280 e. The number of thiazole rings is 4. The highest BCUT2D eigenvalue weighted by molar-refractivity contribution is 7.18. The van der Waals surface area contributed by atoms with Gasteiger partial charge in [0.1, 0.15) is 46.0 Å². The van der Waals surface area contributed by atoms with Crippen LogP contribution in [0.1, 0.15) is 307 Å². The second kappa shape index (κ2) is 43.1. The summed E-state index contributed by atoms with van der Waals surface area (Å²) < 4.78 is 5.23. The van der Waals surface area contributed by atoms with Crippen LogP contribution in [0.15, 0.2) is 49.1 Å². The average molecular weight is 1910 g/mol. The molecule has 18 rings (SSSR count). The van der Waals surface area contributed by atoms with Crippen molar-refractivity contribution in [1.82, 2.24) is 80.7 Å². The molecule has 10 fully saturated rings. The molecule has 6 bridgehead atoms. The van der Waals surface area contributed by atoms with E-state index in [1.165, 1.54) is 45.3 Å². The van der Waals surface area contributed by atoms with Gasteiger partial charge in [-0.25, -0.2) is 39.9 Å². The van der Waals surface area contributed by atoms with E-state index in [0.717, 1.165) is 183 Å². The topological polar surface area (TPSA) is 439 Å². The van der Waals surface area contributed by atoms with Crippen molar-refractivity contribution < 1.29 is 63.5 Å². The average Bonchev–Trinajstić information content (AvgIpc) is 1.63. The predicted molar refractivity (Wildman–Crippen MR) is 521 cm³/mol. The van der Waals surface area contributed by atoms with E-state index in [1.54, 1.807) is 31.7 Å². The van der Waals surface area contributed by atoms with Gasteiger partial charge >= 0.3 is 0 Å². The van der Waals surface area contributed by atoms with Crippen LogP contribution in [-0.2, 0) is 4.74 Å². The van der Waals surface area contributed by atoms with E-state index in [9.17, 15) is 58.8 Å². The summed E-state index contributed by atoms with van der Waals surface area (Å²) in [5.41, 5.74) is 8.40. The summed E-state index contributed by atoms with van der Waals surface area (Å²) >= 11 is 4.87. The summed E-state index contributed by atoms with van der Waals surface area (Å²) in [6.07, 6.45) is 25.2. The number of aryl methyl sites for hydroxylation is 4. The van der Waals surface area contributed by atoms with E-state index < -0.39 is 30.2 Å². The van der Waals surface area contributed by atoms with Crippen molar-refractivity contribution in [3.8, 4) is 41.8 Å². The second-order valence-corrected chi connectivity index (χ2v) is 42.5. The summed E-state index contributed by atoms with van der Waals surface area (Å²) in [5, 5.41) is 64.7. The van der Waals surface area contributed by atoms with Gasteiger partial charge in [0.25, 0.3) is 47.3 Å². The molecule has 2 aliphatic carbocycles. The molecule has 0 spiro atoms. The highest BCUT2D eigenvalue weighted by Crippen LogP contribution is 2.46. The number of aliphatic hydroxyl groups is 4. The van der Waals surface area contributed by atoms with E-state index in [1.807, 2.05) is 92.3 Å². The molecule has 720 valence electrons. The first-order valence-corrected chi connectivity index (χ1v) is 51.2. The number of carbonyl (C=O) groups is 8. The highest BCUT2D eigenvalue weighted by atomic mass is 32.1. The molecule has 2 saturated carbocycles. The third-order valence-corrected chi connectivity index (χ3v) is 31.9. The number of carbonyl (C=O) groups excluding carboxylic acids is 8. The first-order chi connectivity index (χ1) is 64.2. The number of rotatable bonds is 27. The molecule has 33 nitrogen and oxygen atoms in total. The Morgan fingerprint density at radius 2 is 0.761 bits per heavy atom. The Labute approximate surface area is 799 Å². The molecular formula is C97H130N20O13S4. The van der Waals surface area contributed by atoms with Crippen LogP contribution in [0.5, 0.6) is 0 Å². The summed E-state index contributed by atoms with van der Waals surface area (Å²) in [7, 11) is 0. The van der Waals surface area contributed by atoms with Crippen LogP contribution in [-0.4, -0.2) is 262 Å². The molecule has 12 N–H and O–H groups in total. The van der Waals surface area contributed by atoms with Crippen molar-refractivity contribution in [1.29, 1.82) is 0 Å². The second-order valence-electron chi connectivity index (χ2n) is 38.5. The number of hydrogen-bond acceptors (Lipinski definition) is 29. The standard InChI is InChI=1S/C26H35N5O3S.C24H33N5O4S.C24H31N5O3S.C23H31N5O3S/c1-4-15(3)28-21-12-14(2)18(13-27-21)23-22(26(34)31-16-8-9-17(31)11-10-16)30-25(35-23)24(33)29-19-6-5-7-20(19)32;1-5-14(3)26-19-9-13(2)16(10-25-19)21-20(24(32)29-8-6-7-15(29)4)28-23(34-21)22(31)27-17-11-33-12-18(17)30;1-12(2)26-19-8-13(3)18(11-25-19)21-20(24(32)29-15-4-5-16(29)7-6-15)28-23(33-21)22(31)27-14-9-17(30)10-14;1-12(2)25-18-9-13(3)17(10-24-18)20-19(23(31)28-15-5-6-16(28)8-7-15)27-22(32-20)21(30)26-14(4)11-29/h12-13,15-17,19-20,32H,4-11H2,1-3H3,(H,27,28)(H,29,33);9-10,14-15,17-18,30H,5-8,11-12H2,1-4H3,(H,25,26)(H,27,31);8,11-12,14-17,30H,4-7,9-10H2,1-3H3,(H,25,26)(H,27,31);9-10,12,14-16,29H,5-8,11H2,1-4H3,(H,24,25)(H,26,30)/t15-,16?,17?,19-,20-;14-,15+,17-,18-;;14-,15?,16?/m11.1/s1. The summed E-state index contributed by atoms with van der Waals surface area (Å²) in [4.78, 5) is 153. The Balaban J connectivity index is 0.000000136. The smallest absolute Gasteiger partial charge is 0.280 e. The lowest BCUT2D eigenvalue weighted by Crippen LogP contribution is -2.46. The van der Waals surface area contributed by atoms with Crippen LogP contribution in [0.4, 0.5) is 23.3 Å². The number of amides is 8. The van der Waals surface area contributed by atoms with Crippen molar-refractivity contribution in [3.05, 3.63) is 114 Å². The monoisotopic (exact) mass is 1910 g/mol. The zero-order valence-electron chi connectivity index (χ0n) is 79.2. The minimum atomic E-state index is -0.757. The molecule has 8 atom stereocenters. The van der Waals surface area contributed by atoms with E-state index in [0.29, 0.717) is 74.5 Å². The Bertz CT molecular complexity index is 5560. The third-order valence-electron chi connectivity index (χ3n) is 27.5. The van der Waals surface area contributed by atoms with Crippen LogP contribution in [0.25, 0.3) is 41.8 Å². The van der Waals surface area contributed by atoms with Gasteiger partial charge in [0, 0.05) is 132 Å². The first kappa shape index (κ1) is 98.4. The van der Waals surface area contributed by atoms with Crippen LogP contribution >= 0.6 is 45.3 Å². The zero-order valence-corrected chi connectivity index (χ0v) is 82.4. The molecule has 8 aromatic rings. The molecular weight excluding hydrogens is 1780 g/mol. The molecule has 0 unspecified atom stereocenters. The van der Waals surface area contributed by atoms with Gasteiger partial charge in [0.2, 0.25) is 0 Å². The number of aliphatic hydroxyl groups excluding tert-OH is 4. The Morgan fingerprint density at radius 3 is 1.06 bits per heavy atom. The number of likely N-dealkylation sites (tertiary alicyclic amines) is 1. The Morgan fingerprint density at radius 1 is 0.418 bits per heavy atom. The lowest BCUT2D eigenvalue weighted by molar-refractivity contribution is 0.0560. The number of nitrogens with zero attached hydrogens (tertiary/aromatic N) is 12. The molecule has 8 amide bonds. The van der Waals surface area contributed by atoms with Gasteiger partial charge in [-0.3, -0.25) is 38.4 Å². The van der Waals surface area contributed by atoms with Crippen molar-refractivity contribution in [2.45, 2.75) is 341 Å². The van der Waals surface area contributed by atoms with Gasteiger partial charge in [-0.15, -0.1) is 45.3 Å². The van der Waals surface area contributed by atoms with Gasteiger partial charge in [-0.2, -0.15) is 0 Å². The largest absolute Gasteiger partial charge is 0.394 e. The lowest BCUT2D eigenvalue weighted by Gasteiger charge is -2.31. The lowest BCUT2D eigenvalue weighted by atomic mass is 9.89. The van der Waals surface area contributed by atoms with E-state index >= 15 is 0 Å². The quantitative estimate of drug-likeness (QED) is 0.0227. The van der Waals surface area contributed by atoms with E-state index in [-0.39, 0.29) is 159 Å². The summed E-state index contributed by atoms with van der Waals surface area (Å²) in [6.45, 7) is 29.3. The van der Waals surface area contributed by atoms with Crippen LogP contribution in [0, 0.1) is 27.7 Å².